The summed E-state index contributed by atoms with van der Waals surface area (Å²) in [4.78, 5) is 24.7. The quantitative estimate of drug-likeness (QED) is 0.696. The molecule has 2 unspecified atom stereocenters. The number of hydrogen-bond donors (Lipinski definition) is 3. The van der Waals surface area contributed by atoms with Crippen LogP contribution in [0.15, 0.2) is 24.3 Å². The molecule has 1 aliphatic carbocycles. The number of rotatable bonds is 7. The Bertz CT molecular complexity index is 579. The Kier molecular flexibility index (Phi) is 7.63. The van der Waals surface area contributed by atoms with Crippen LogP contribution in [0.2, 0.25) is 0 Å². The molecule has 0 bridgehead atoms. The summed E-state index contributed by atoms with van der Waals surface area (Å²) in [6.45, 7) is 4.05. The molecule has 0 heterocycles. The number of carbonyl (C=O) groups is 2. The zero-order valence-electron chi connectivity index (χ0n) is 13.9. The third-order valence-corrected chi connectivity index (χ3v) is 4.13. The van der Waals surface area contributed by atoms with E-state index in [4.69, 9.17) is 5.73 Å². The Morgan fingerprint density at radius 3 is 2.38 bits per heavy atom. The van der Waals surface area contributed by atoms with Crippen LogP contribution >= 0.6 is 12.4 Å². The van der Waals surface area contributed by atoms with Gasteiger partial charge in [0.05, 0.1) is 5.56 Å². The van der Waals surface area contributed by atoms with E-state index in [1.54, 1.807) is 6.07 Å². The van der Waals surface area contributed by atoms with E-state index in [1.807, 2.05) is 13.8 Å². The third kappa shape index (κ3) is 5.18. The lowest BCUT2D eigenvalue weighted by Crippen LogP contribution is -2.54. The van der Waals surface area contributed by atoms with Gasteiger partial charge in [-0.15, -0.1) is 12.4 Å². The molecule has 1 aliphatic rings. The van der Waals surface area contributed by atoms with E-state index in [0.29, 0.717) is 12.5 Å². The topological polar surface area (TPSA) is 84.2 Å². The zero-order valence-corrected chi connectivity index (χ0v) is 14.7. The zero-order chi connectivity index (χ0) is 17.0. The van der Waals surface area contributed by atoms with E-state index in [-0.39, 0.29) is 35.8 Å². The second kappa shape index (κ2) is 8.99. The van der Waals surface area contributed by atoms with Crippen LogP contribution in [-0.2, 0) is 4.79 Å². The molecule has 0 aromatic heterocycles. The van der Waals surface area contributed by atoms with Crippen LogP contribution in [-0.4, -0.2) is 30.4 Å². The Morgan fingerprint density at radius 2 is 1.88 bits per heavy atom. The molecule has 0 aliphatic heterocycles. The minimum Gasteiger partial charge on any atom is -0.350 e. The van der Waals surface area contributed by atoms with E-state index in [9.17, 15) is 14.0 Å². The van der Waals surface area contributed by atoms with Crippen LogP contribution in [0, 0.1) is 17.7 Å². The van der Waals surface area contributed by atoms with Crippen molar-refractivity contribution >= 4 is 24.2 Å². The molecule has 2 amide bonds. The molecule has 2 atom stereocenters. The first-order chi connectivity index (χ1) is 10.9. The summed E-state index contributed by atoms with van der Waals surface area (Å²) in [5.74, 6) is -1.16. The monoisotopic (exact) mass is 357 g/mol. The minimum atomic E-state index is -0.727. The molecule has 134 valence electrons. The van der Waals surface area contributed by atoms with Crippen LogP contribution in [0.5, 0.6) is 0 Å². The molecule has 4 N–H and O–H groups in total. The number of nitrogens with two attached hydrogens (primary N) is 1. The number of nitrogens with one attached hydrogen (secondary N) is 2. The fraction of sp³-hybridized carbons (Fsp3) is 0.529. The summed E-state index contributed by atoms with van der Waals surface area (Å²) in [5, 5.41) is 5.54. The molecule has 1 fully saturated rings. The maximum Gasteiger partial charge on any atom is 0.254 e. The fourth-order valence-corrected chi connectivity index (χ4v) is 2.54. The highest BCUT2D eigenvalue weighted by Crippen LogP contribution is 2.32. The maximum atomic E-state index is 13.7. The standard InChI is InChI=1S/C17H24FN3O2.ClH/c1-10(2)15(17(23)20-14(9-19)11-7-8-11)21-16(22)12-5-3-4-6-13(12)18;/h3-6,10-11,14-15H,7-9,19H2,1-2H3,(H,20,23)(H,21,22);1H. The maximum absolute atomic E-state index is 13.7. The normalized spacial score (nSPS) is 16.0. The first kappa shape index (κ1) is 20.4. The Hall–Kier alpha value is -1.66. The molecule has 2 rings (SSSR count). The molecular weight excluding hydrogens is 333 g/mol. The smallest absolute Gasteiger partial charge is 0.254 e. The summed E-state index contributed by atoms with van der Waals surface area (Å²) in [6.07, 6.45) is 2.13. The highest BCUT2D eigenvalue weighted by Gasteiger charge is 2.34. The van der Waals surface area contributed by atoms with Crippen LogP contribution in [0.3, 0.4) is 0 Å². The Balaban J connectivity index is 0.00000288. The van der Waals surface area contributed by atoms with Gasteiger partial charge < -0.3 is 16.4 Å². The van der Waals surface area contributed by atoms with Gasteiger partial charge >= 0.3 is 0 Å². The Labute approximate surface area is 148 Å². The lowest BCUT2D eigenvalue weighted by molar-refractivity contribution is -0.124. The number of carbonyl (C=O) groups excluding carboxylic acids is 2. The van der Waals surface area contributed by atoms with E-state index >= 15 is 0 Å². The summed E-state index contributed by atoms with van der Waals surface area (Å²) in [6, 6.07) is 4.92. The summed E-state index contributed by atoms with van der Waals surface area (Å²) >= 11 is 0. The summed E-state index contributed by atoms with van der Waals surface area (Å²) < 4.78 is 13.7. The molecule has 24 heavy (non-hydrogen) atoms. The first-order valence-electron chi connectivity index (χ1n) is 7.99. The molecule has 5 nitrogen and oxygen atoms in total. The van der Waals surface area contributed by atoms with Crippen LogP contribution in [0.25, 0.3) is 0 Å². The summed E-state index contributed by atoms with van der Waals surface area (Å²) in [5.41, 5.74) is 5.63. The van der Waals surface area contributed by atoms with Crippen LogP contribution in [0.4, 0.5) is 4.39 Å². The van der Waals surface area contributed by atoms with Gasteiger partial charge in [-0.1, -0.05) is 26.0 Å². The predicted molar refractivity (Wildman–Crippen MR) is 93.4 cm³/mol. The third-order valence-electron chi connectivity index (χ3n) is 4.13. The van der Waals surface area contributed by atoms with Crippen LogP contribution < -0.4 is 16.4 Å². The molecule has 1 saturated carbocycles. The van der Waals surface area contributed by atoms with Gasteiger partial charge in [0.15, 0.2) is 0 Å². The van der Waals surface area contributed by atoms with Crippen molar-refractivity contribution < 1.29 is 14.0 Å². The molecular formula is C17H25ClFN3O2. The molecule has 1 aromatic rings. The molecule has 0 saturated heterocycles. The van der Waals surface area contributed by atoms with Crippen molar-refractivity contribution in [3.63, 3.8) is 0 Å². The van der Waals surface area contributed by atoms with Crippen molar-refractivity contribution in [2.45, 2.75) is 38.8 Å². The number of halogens is 2. The average Bonchev–Trinajstić information content (AvgIpc) is 3.34. The van der Waals surface area contributed by atoms with Crippen LogP contribution in [0.1, 0.15) is 37.0 Å². The number of benzene rings is 1. The van der Waals surface area contributed by atoms with Gasteiger partial charge in [-0.25, -0.2) is 4.39 Å². The lowest BCUT2D eigenvalue weighted by Gasteiger charge is -2.25. The van der Waals surface area contributed by atoms with Crippen molar-refractivity contribution in [3.8, 4) is 0 Å². The van der Waals surface area contributed by atoms with Gasteiger partial charge in [0, 0.05) is 12.6 Å². The van der Waals surface area contributed by atoms with E-state index in [0.717, 1.165) is 12.8 Å². The minimum absolute atomic E-state index is 0. The fourth-order valence-electron chi connectivity index (χ4n) is 2.54. The number of amides is 2. The van der Waals surface area contributed by atoms with Crippen molar-refractivity contribution in [2.24, 2.45) is 17.6 Å². The highest BCUT2D eigenvalue weighted by atomic mass is 35.5. The van der Waals surface area contributed by atoms with E-state index in [1.165, 1.54) is 18.2 Å². The second-order valence-electron chi connectivity index (χ2n) is 6.36. The Morgan fingerprint density at radius 1 is 1.25 bits per heavy atom. The number of hydrogen-bond acceptors (Lipinski definition) is 3. The summed E-state index contributed by atoms with van der Waals surface area (Å²) in [7, 11) is 0. The predicted octanol–water partition coefficient (Wildman–Crippen LogP) is 1.86. The van der Waals surface area contributed by atoms with E-state index < -0.39 is 17.8 Å². The van der Waals surface area contributed by atoms with E-state index in [2.05, 4.69) is 10.6 Å². The molecule has 0 radical (unpaired) electrons. The van der Waals surface area contributed by atoms with Crippen molar-refractivity contribution in [1.82, 2.24) is 10.6 Å². The average molecular weight is 358 g/mol. The first-order valence-corrected chi connectivity index (χ1v) is 7.99. The molecule has 0 spiro atoms. The molecule has 1 aromatic carbocycles. The van der Waals surface area contributed by atoms with Crippen molar-refractivity contribution in [3.05, 3.63) is 35.6 Å². The van der Waals surface area contributed by atoms with Crippen molar-refractivity contribution in [2.75, 3.05) is 6.54 Å². The highest BCUT2D eigenvalue weighted by molar-refractivity contribution is 5.97. The molecule has 7 heteroatoms. The largest absolute Gasteiger partial charge is 0.350 e. The second-order valence-corrected chi connectivity index (χ2v) is 6.36. The van der Waals surface area contributed by atoms with Crippen molar-refractivity contribution in [1.29, 1.82) is 0 Å². The van der Waals surface area contributed by atoms with Gasteiger partial charge in [0.1, 0.15) is 11.9 Å². The van der Waals surface area contributed by atoms with Gasteiger partial charge in [0.2, 0.25) is 5.91 Å². The van der Waals surface area contributed by atoms with Gasteiger partial charge in [-0.05, 0) is 36.8 Å². The van der Waals surface area contributed by atoms with Gasteiger partial charge in [-0.2, -0.15) is 0 Å². The lowest BCUT2D eigenvalue weighted by atomic mass is 10.0. The van der Waals surface area contributed by atoms with Gasteiger partial charge in [0.25, 0.3) is 5.91 Å². The van der Waals surface area contributed by atoms with Gasteiger partial charge in [-0.3, -0.25) is 9.59 Å². The SMILES string of the molecule is CC(C)C(NC(=O)c1ccccc1F)C(=O)NC(CN)C1CC1.Cl.